The molecule has 1 aromatic heterocycles. The molecule has 1 fully saturated rings. The molecule has 1 saturated heterocycles. The molecule has 1 aliphatic heterocycles. The number of hydrogen-bond acceptors (Lipinski definition) is 5. The van der Waals surface area contributed by atoms with E-state index < -0.39 is 5.63 Å². The molecule has 0 unspecified atom stereocenters. The number of carbonyl (C=O) groups is 1. The van der Waals surface area contributed by atoms with Gasteiger partial charge < -0.3 is 9.32 Å². The Bertz CT molecular complexity index is 702. The van der Waals surface area contributed by atoms with Crippen molar-refractivity contribution in [3.8, 4) is 0 Å². The predicted molar refractivity (Wildman–Crippen MR) is 74.1 cm³/mol. The Balaban J connectivity index is 1.95. The number of amides is 1. The summed E-state index contributed by atoms with van der Waals surface area (Å²) in [5, 5.41) is 2.40. The molecule has 0 aliphatic carbocycles. The zero-order valence-corrected chi connectivity index (χ0v) is 10.9. The van der Waals surface area contributed by atoms with Gasteiger partial charge in [0.15, 0.2) is 0 Å². The average molecular weight is 273 g/mol. The molecule has 0 radical (unpaired) electrons. The van der Waals surface area contributed by atoms with Crippen LogP contribution in [0.2, 0.25) is 0 Å². The molecule has 1 amide bonds. The molecule has 0 atom stereocenters. The number of piperazine rings is 1. The van der Waals surface area contributed by atoms with Crippen LogP contribution in [0, 0.1) is 0 Å². The monoisotopic (exact) mass is 273 g/mol. The first-order valence-corrected chi connectivity index (χ1v) is 6.47. The van der Waals surface area contributed by atoms with E-state index in [0.29, 0.717) is 31.8 Å². The number of hydrogen-bond donors (Lipinski definition) is 1. The van der Waals surface area contributed by atoms with Gasteiger partial charge in [-0.05, 0) is 12.1 Å². The van der Waals surface area contributed by atoms with Crippen molar-refractivity contribution in [3.05, 3.63) is 46.3 Å². The van der Waals surface area contributed by atoms with Crippen LogP contribution in [0.15, 0.2) is 39.5 Å². The second-order valence-electron chi connectivity index (χ2n) is 4.81. The van der Waals surface area contributed by atoms with Gasteiger partial charge in [0.25, 0.3) is 5.91 Å². The van der Waals surface area contributed by atoms with Gasteiger partial charge in [0, 0.05) is 31.6 Å². The van der Waals surface area contributed by atoms with Gasteiger partial charge in [0.05, 0.1) is 0 Å². The molecule has 6 heteroatoms. The average Bonchev–Trinajstić information content (AvgIpc) is 2.46. The fourth-order valence-electron chi connectivity index (χ4n) is 2.31. The van der Waals surface area contributed by atoms with E-state index in [-0.39, 0.29) is 11.5 Å². The molecular weight excluding hydrogens is 258 g/mol. The largest absolute Gasteiger partial charge is 0.422 e. The highest BCUT2D eigenvalue weighted by molar-refractivity contribution is 5.96. The van der Waals surface area contributed by atoms with Gasteiger partial charge in [-0.25, -0.2) is 9.80 Å². The van der Waals surface area contributed by atoms with Gasteiger partial charge in [-0.1, -0.05) is 18.2 Å². The van der Waals surface area contributed by atoms with Crippen LogP contribution < -0.4 is 11.5 Å². The molecule has 0 bridgehead atoms. The van der Waals surface area contributed by atoms with E-state index in [9.17, 15) is 9.59 Å². The normalized spacial score (nSPS) is 16.6. The summed E-state index contributed by atoms with van der Waals surface area (Å²) in [6, 6.07) is 8.74. The second-order valence-corrected chi connectivity index (χ2v) is 4.81. The van der Waals surface area contributed by atoms with E-state index >= 15 is 0 Å². The lowest BCUT2D eigenvalue weighted by molar-refractivity contribution is 0.0634. The molecule has 1 aliphatic rings. The minimum Gasteiger partial charge on any atom is -0.422 e. The molecule has 1 aromatic carbocycles. The maximum Gasteiger partial charge on any atom is 0.349 e. The van der Waals surface area contributed by atoms with Crippen molar-refractivity contribution in [1.82, 2.24) is 9.91 Å². The van der Waals surface area contributed by atoms with E-state index in [2.05, 4.69) is 0 Å². The summed E-state index contributed by atoms with van der Waals surface area (Å²) in [7, 11) is 0. The molecule has 2 heterocycles. The van der Waals surface area contributed by atoms with Gasteiger partial charge in [-0.15, -0.1) is 0 Å². The van der Waals surface area contributed by atoms with Crippen molar-refractivity contribution in [2.24, 2.45) is 5.84 Å². The minimum atomic E-state index is -0.594. The summed E-state index contributed by atoms with van der Waals surface area (Å²) in [5.74, 6) is 5.36. The van der Waals surface area contributed by atoms with Crippen LogP contribution in [-0.2, 0) is 0 Å². The summed E-state index contributed by atoms with van der Waals surface area (Å²) in [6.07, 6.45) is 0. The van der Waals surface area contributed by atoms with Crippen LogP contribution in [0.3, 0.4) is 0 Å². The summed E-state index contributed by atoms with van der Waals surface area (Å²) in [5.41, 5.74) is -0.0288. The Morgan fingerprint density at radius 1 is 1.15 bits per heavy atom. The van der Waals surface area contributed by atoms with Gasteiger partial charge >= 0.3 is 5.63 Å². The number of nitrogens with zero attached hydrogens (tertiary/aromatic N) is 2. The molecule has 3 rings (SSSR count). The standard InChI is InChI=1S/C14H15N3O3/c15-17-7-5-16(6-8-17)13(18)11-9-10-3-1-2-4-12(10)20-14(11)19/h1-4,9H,5-8,15H2. The van der Waals surface area contributed by atoms with Crippen LogP contribution in [0.1, 0.15) is 10.4 Å². The second kappa shape index (κ2) is 5.07. The zero-order chi connectivity index (χ0) is 14.1. The lowest BCUT2D eigenvalue weighted by Crippen LogP contribution is -2.51. The van der Waals surface area contributed by atoms with Gasteiger partial charge in [-0.3, -0.25) is 10.6 Å². The van der Waals surface area contributed by atoms with E-state index in [0.717, 1.165) is 5.39 Å². The van der Waals surface area contributed by atoms with Crippen LogP contribution in [0.5, 0.6) is 0 Å². The summed E-state index contributed by atoms with van der Waals surface area (Å²) in [6.45, 7) is 2.23. The highest BCUT2D eigenvalue weighted by Gasteiger charge is 2.23. The first kappa shape index (κ1) is 12.8. The molecule has 104 valence electrons. The molecule has 0 saturated carbocycles. The number of fused-ring (bicyclic) bond motifs is 1. The summed E-state index contributed by atoms with van der Waals surface area (Å²) in [4.78, 5) is 25.9. The van der Waals surface area contributed by atoms with Crippen LogP contribution >= 0.6 is 0 Å². The third-order valence-electron chi connectivity index (χ3n) is 3.47. The fraction of sp³-hybridized carbons (Fsp3) is 0.286. The smallest absolute Gasteiger partial charge is 0.349 e. The SMILES string of the molecule is NN1CCN(C(=O)c2cc3ccccc3oc2=O)CC1. The Kier molecular flexibility index (Phi) is 3.25. The maximum absolute atomic E-state index is 12.4. The Morgan fingerprint density at radius 2 is 1.85 bits per heavy atom. The molecule has 6 nitrogen and oxygen atoms in total. The summed E-state index contributed by atoms with van der Waals surface area (Å²) < 4.78 is 5.19. The minimum absolute atomic E-state index is 0.0779. The van der Waals surface area contributed by atoms with Crippen molar-refractivity contribution in [2.45, 2.75) is 0 Å². The first-order valence-electron chi connectivity index (χ1n) is 6.47. The number of hydrazine groups is 1. The lowest BCUT2D eigenvalue weighted by Gasteiger charge is -2.31. The number of carbonyl (C=O) groups excluding carboxylic acids is 1. The van der Waals surface area contributed by atoms with E-state index in [1.54, 1.807) is 28.1 Å². The third-order valence-corrected chi connectivity index (χ3v) is 3.47. The Morgan fingerprint density at radius 3 is 2.60 bits per heavy atom. The topological polar surface area (TPSA) is 79.8 Å². The zero-order valence-electron chi connectivity index (χ0n) is 10.9. The number of benzene rings is 1. The van der Waals surface area contributed by atoms with Crippen LogP contribution in [0.25, 0.3) is 11.0 Å². The van der Waals surface area contributed by atoms with Crippen molar-refractivity contribution >= 4 is 16.9 Å². The highest BCUT2D eigenvalue weighted by Crippen LogP contribution is 2.14. The first-order chi connectivity index (χ1) is 9.65. The van der Waals surface area contributed by atoms with Crippen molar-refractivity contribution in [3.63, 3.8) is 0 Å². The van der Waals surface area contributed by atoms with Crippen molar-refractivity contribution < 1.29 is 9.21 Å². The van der Waals surface area contributed by atoms with Crippen LogP contribution in [0.4, 0.5) is 0 Å². The number of rotatable bonds is 1. The molecule has 20 heavy (non-hydrogen) atoms. The van der Waals surface area contributed by atoms with Crippen molar-refractivity contribution in [1.29, 1.82) is 0 Å². The summed E-state index contributed by atoms with van der Waals surface area (Å²) >= 11 is 0. The maximum atomic E-state index is 12.4. The van der Waals surface area contributed by atoms with E-state index in [1.807, 2.05) is 12.1 Å². The Hall–Kier alpha value is -2.18. The number of nitrogens with two attached hydrogens (primary N) is 1. The molecule has 2 N–H and O–H groups in total. The fourth-order valence-corrected chi connectivity index (χ4v) is 2.31. The van der Waals surface area contributed by atoms with Crippen molar-refractivity contribution in [2.75, 3.05) is 26.2 Å². The predicted octanol–water partition coefficient (Wildman–Crippen LogP) is 0.424. The highest BCUT2D eigenvalue weighted by atomic mass is 16.4. The van der Waals surface area contributed by atoms with E-state index in [4.69, 9.17) is 10.3 Å². The quantitative estimate of drug-likeness (QED) is 0.602. The Labute approximate surface area is 115 Å². The van der Waals surface area contributed by atoms with Gasteiger partial charge in [0.1, 0.15) is 11.1 Å². The molecule has 2 aromatic rings. The van der Waals surface area contributed by atoms with Gasteiger partial charge in [0.2, 0.25) is 0 Å². The van der Waals surface area contributed by atoms with Gasteiger partial charge in [-0.2, -0.15) is 0 Å². The third kappa shape index (κ3) is 2.31. The lowest BCUT2D eigenvalue weighted by atomic mass is 10.1. The van der Waals surface area contributed by atoms with Crippen LogP contribution in [-0.4, -0.2) is 42.0 Å². The number of para-hydroxylation sites is 1. The van der Waals surface area contributed by atoms with E-state index in [1.165, 1.54) is 0 Å². The molecule has 0 spiro atoms. The molecular formula is C14H15N3O3.